The van der Waals surface area contributed by atoms with E-state index in [-0.39, 0.29) is 5.91 Å². The predicted molar refractivity (Wildman–Crippen MR) is 84.2 cm³/mol. The number of amides is 1. The van der Waals surface area contributed by atoms with Gasteiger partial charge < -0.3 is 14.4 Å². The Morgan fingerprint density at radius 3 is 2.90 bits per heavy atom. The largest absolute Gasteiger partial charge is 0.341 e. The Kier molecular flexibility index (Phi) is 5.39. The zero-order valence-electron chi connectivity index (χ0n) is 13.7. The molecule has 118 valence electrons. The summed E-state index contributed by atoms with van der Waals surface area (Å²) in [7, 11) is 4.19. The van der Waals surface area contributed by atoms with Gasteiger partial charge in [-0.3, -0.25) is 4.79 Å². The van der Waals surface area contributed by atoms with Gasteiger partial charge in [0.1, 0.15) is 5.82 Å². The Balaban J connectivity index is 1.88. The molecule has 0 aliphatic carbocycles. The summed E-state index contributed by atoms with van der Waals surface area (Å²) in [5.74, 6) is 1.28. The highest BCUT2D eigenvalue weighted by Gasteiger charge is 2.24. The number of aryl methyl sites for hydroxylation is 1. The van der Waals surface area contributed by atoms with Crippen molar-refractivity contribution >= 4 is 5.91 Å². The summed E-state index contributed by atoms with van der Waals surface area (Å²) in [6.45, 7) is 6.05. The highest BCUT2D eigenvalue weighted by molar-refractivity contribution is 5.76. The molecule has 1 saturated heterocycles. The van der Waals surface area contributed by atoms with Crippen molar-refractivity contribution in [2.45, 2.75) is 51.6 Å². The lowest BCUT2D eigenvalue weighted by Crippen LogP contribution is -2.47. The van der Waals surface area contributed by atoms with Gasteiger partial charge in [-0.15, -0.1) is 0 Å². The van der Waals surface area contributed by atoms with Crippen LogP contribution in [0.4, 0.5) is 0 Å². The molecule has 1 aliphatic rings. The number of nitrogens with zero attached hydrogens (tertiary/aromatic N) is 4. The van der Waals surface area contributed by atoms with Gasteiger partial charge in [0.2, 0.25) is 5.91 Å². The summed E-state index contributed by atoms with van der Waals surface area (Å²) < 4.78 is 2.14. The Morgan fingerprint density at radius 1 is 1.48 bits per heavy atom. The molecule has 1 amide bonds. The van der Waals surface area contributed by atoms with Crippen molar-refractivity contribution in [1.29, 1.82) is 0 Å². The maximum Gasteiger partial charge on any atom is 0.223 e. The van der Waals surface area contributed by atoms with Crippen LogP contribution in [0.15, 0.2) is 12.4 Å². The van der Waals surface area contributed by atoms with Crippen LogP contribution < -0.4 is 0 Å². The molecular weight excluding hydrogens is 264 g/mol. The third-order valence-electron chi connectivity index (χ3n) is 4.35. The Labute approximate surface area is 127 Å². The number of carbonyl (C=O) groups is 1. The molecule has 0 bridgehead atoms. The van der Waals surface area contributed by atoms with E-state index in [1.54, 1.807) is 0 Å². The normalized spacial score (nSPS) is 19.5. The molecular formula is C16H28N4O. The molecule has 2 rings (SSSR count). The number of likely N-dealkylation sites (N-methyl/N-ethyl adjacent to an activating group) is 1. The van der Waals surface area contributed by atoms with Gasteiger partial charge in [0.05, 0.1) is 0 Å². The lowest BCUT2D eigenvalue weighted by Gasteiger charge is -2.36. The Bertz CT molecular complexity index is 467. The minimum absolute atomic E-state index is 0.264. The number of carbonyl (C=O) groups excluding carboxylic acids is 1. The first-order valence-electron chi connectivity index (χ1n) is 7.95. The van der Waals surface area contributed by atoms with E-state index in [2.05, 4.69) is 42.4 Å². The summed E-state index contributed by atoms with van der Waals surface area (Å²) >= 11 is 0. The van der Waals surface area contributed by atoms with Crippen LogP contribution in [0.1, 0.15) is 45.0 Å². The first kappa shape index (κ1) is 16.0. The number of rotatable bonds is 5. The second kappa shape index (κ2) is 7.07. The minimum atomic E-state index is 0.264. The van der Waals surface area contributed by atoms with Gasteiger partial charge in [-0.25, -0.2) is 4.98 Å². The number of likely N-dealkylation sites (tertiary alicyclic amines) is 1. The van der Waals surface area contributed by atoms with E-state index in [9.17, 15) is 4.79 Å². The monoisotopic (exact) mass is 292 g/mol. The van der Waals surface area contributed by atoms with Crippen LogP contribution >= 0.6 is 0 Å². The Morgan fingerprint density at radius 2 is 2.24 bits per heavy atom. The average Bonchev–Trinajstić information content (AvgIpc) is 2.93. The van der Waals surface area contributed by atoms with E-state index in [0.29, 0.717) is 18.5 Å². The lowest BCUT2D eigenvalue weighted by atomic mass is 10.0. The smallest absolute Gasteiger partial charge is 0.223 e. The molecule has 1 fully saturated rings. The van der Waals surface area contributed by atoms with Crippen LogP contribution in [-0.4, -0.2) is 58.5 Å². The number of aromatic nitrogens is 2. The molecule has 1 aromatic rings. The van der Waals surface area contributed by atoms with Crippen molar-refractivity contribution in [3.8, 4) is 0 Å². The second-order valence-corrected chi connectivity index (χ2v) is 6.44. The molecule has 1 aromatic heterocycles. The number of piperidine rings is 1. The lowest BCUT2D eigenvalue weighted by molar-refractivity contribution is -0.133. The fourth-order valence-corrected chi connectivity index (χ4v) is 2.99. The maximum absolute atomic E-state index is 12.4. The van der Waals surface area contributed by atoms with E-state index in [1.807, 2.05) is 17.3 Å². The molecule has 2 heterocycles. The summed E-state index contributed by atoms with van der Waals surface area (Å²) in [5, 5.41) is 0. The molecule has 0 radical (unpaired) electrons. The van der Waals surface area contributed by atoms with Crippen LogP contribution in [0, 0.1) is 0 Å². The van der Waals surface area contributed by atoms with Crippen molar-refractivity contribution in [3.63, 3.8) is 0 Å². The molecule has 0 N–H and O–H groups in total. The number of hydrogen-bond acceptors (Lipinski definition) is 3. The first-order valence-corrected chi connectivity index (χ1v) is 7.95. The summed E-state index contributed by atoms with van der Waals surface area (Å²) in [5.41, 5.74) is 0. The van der Waals surface area contributed by atoms with Gasteiger partial charge in [-0.05, 0) is 40.8 Å². The third kappa shape index (κ3) is 4.06. The average molecular weight is 292 g/mol. The second-order valence-electron chi connectivity index (χ2n) is 6.44. The topological polar surface area (TPSA) is 41.4 Å². The molecule has 5 nitrogen and oxygen atoms in total. The van der Waals surface area contributed by atoms with Crippen molar-refractivity contribution in [2.75, 3.05) is 27.2 Å². The van der Waals surface area contributed by atoms with Gasteiger partial charge in [-0.2, -0.15) is 0 Å². The summed E-state index contributed by atoms with van der Waals surface area (Å²) in [4.78, 5) is 21.0. The molecule has 5 heteroatoms. The van der Waals surface area contributed by atoms with Gasteiger partial charge in [0.25, 0.3) is 0 Å². The first-order chi connectivity index (χ1) is 9.99. The van der Waals surface area contributed by atoms with E-state index in [0.717, 1.165) is 31.8 Å². The van der Waals surface area contributed by atoms with Crippen LogP contribution in [0.3, 0.4) is 0 Å². The zero-order chi connectivity index (χ0) is 15.4. The van der Waals surface area contributed by atoms with Crippen LogP contribution in [0.2, 0.25) is 0 Å². The van der Waals surface area contributed by atoms with Gasteiger partial charge in [0.15, 0.2) is 0 Å². The fraction of sp³-hybridized carbons (Fsp3) is 0.750. The van der Waals surface area contributed by atoms with E-state index >= 15 is 0 Å². The van der Waals surface area contributed by atoms with Gasteiger partial charge in [0, 0.05) is 50.4 Å². The standard InChI is InChI=1S/C16H28N4O/c1-13(2)20-11-9-17-15(20)7-8-16(21)19-10-5-6-14(12-19)18(3)4/h9,11,13-14H,5-8,10,12H2,1-4H3. The van der Waals surface area contributed by atoms with Gasteiger partial charge in [-0.1, -0.05) is 0 Å². The molecule has 1 unspecified atom stereocenters. The quantitative estimate of drug-likeness (QED) is 0.833. The van der Waals surface area contributed by atoms with E-state index in [4.69, 9.17) is 0 Å². The molecule has 0 spiro atoms. The maximum atomic E-state index is 12.4. The summed E-state index contributed by atoms with van der Waals surface area (Å²) in [6.07, 6.45) is 7.40. The highest BCUT2D eigenvalue weighted by atomic mass is 16.2. The number of imidazole rings is 1. The molecule has 21 heavy (non-hydrogen) atoms. The van der Waals surface area contributed by atoms with Crippen molar-refractivity contribution in [2.24, 2.45) is 0 Å². The zero-order valence-corrected chi connectivity index (χ0v) is 13.7. The molecule has 0 aromatic carbocycles. The van der Waals surface area contributed by atoms with Crippen LogP contribution in [0.5, 0.6) is 0 Å². The van der Waals surface area contributed by atoms with Crippen molar-refractivity contribution in [1.82, 2.24) is 19.4 Å². The van der Waals surface area contributed by atoms with Gasteiger partial charge >= 0.3 is 0 Å². The minimum Gasteiger partial charge on any atom is -0.341 e. The summed E-state index contributed by atoms with van der Waals surface area (Å²) in [6, 6.07) is 0.895. The molecule has 0 saturated carbocycles. The van der Waals surface area contributed by atoms with Crippen molar-refractivity contribution in [3.05, 3.63) is 18.2 Å². The molecule has 1 aliphatic heterocycles. The predicted octanol–water partition coefficient (Wildman–Crippen LogP) is 1.95. The third-order valence-corrected chi connectivity index (χ3v) is 4.35. The highest BCUT2D eigenvalue weighted by Crippen LogP contribution is 2.16. The fourth-order valence-electron chi connectivity index (χ4n) is 2.99. The van der Waals surface area contributed by atoms with Crippen molar-refractivity contribution < 1.29 is 4.79 Å². The van der Waals surface area contributed by atoms with Crippen LogP contribution in [-0.2, 0) is 11.2 Å². The number of hydrogen-bond donors (Lipinski definition) is 0. The Hall–Kier alpha value is -1.36. The molecule has 1 atom stereocenters. The van der Waals surface area contributed by atoms with E-state index in [1.165, 1.54) is 6.42 Å². The van der Waals surface area contributed by atoms with E-state index < -0.39 is 0 Å². The van der Waals surface area contributed by atoms with Crippen LogP contribution in [0.25, 0.3) is 0 Å². The SMILES string of the molecule is CC(C)n1ccnc1CCC(=O)N1CCCC(N(C)C)C1.